The van der Waals surface area contributed by atoms with Crippen LogP contribution in [0.1, 0.15) is 22.3 Å². The van der Waals surface area contributed by atoms with Crippen molar-refractivity contribution in [2.75, 3.05) is 11.4 Å². The van der Waals surface area contributed by atoms with E-state index in [4.69, 9.17) is 11.6 Å². The number of nitrogens with zero attached hydrogens (tertiary/aromatic N) is 1. The molecule has 1 fully saturated rings. The van der Waals surface area contributed by atoms with Gasteiger partial charge in [-0.3, -0.25) is 9.59 Å². The van der Waals surface area contributed by atoms with Crippen LogP contribution in [-0.4, -0.2) is 24.4 Å². The molecule has 5 heteroatoms. The first-order valence-corrected chi connectivity index (χ1v) is 7.87. The first-order chi connectivity index (χ1) is 11.1. The second-order valence-corrected chi connectivity index (χ2v) is 6.03. The molecule has 0 spiro atoms. The summed E-state index contributed by atoms with van der Waals surface area (Å²) in [6.07, 6.45) is 0.586. The van der Waals surface area contributed by atoms with E-state index in [0.717, 1.165) is 11.3 Å². The number of rotatable bonds is 3. The van der Waals surface area contributed by atoms with Crippen LogP contribution in [-0.2, 0) is 4.79 Å². The average molecular weight is 329 g/mol. The third-order valence-electron chi connectivity index (χ3n) is 3.97. The van der Waals surface area contributed by atoms with E-state index in [0.29, 0.717) is 23.6 Å². The maximum Gasteiger partial charge on any atom is 0.253 e. The predicted molar refractivity (Wildman–Crippen MR) is 90.9 cm³/mol. The van der Waals surface area contributed by atoms with Gasteiger partial charge in [-0.2, -0.15) is 0 Å². The predicted octanol–water partition coefficient (Wildman–Crippen LogP) is 3.18. The van der Waals surface area contributed by atoms with E-state index in [9.17, 15) is 9.59 Å². The molecule has 3 rings (SSSR count). The highest BCUT2D eigenvalue weighted by Crippen LogP contribution is 2.23. The summed E-state index contributed by atoms with van der Waals surface area (Å²) in [5, 5.41) is 3.16. The number of hydrogen-bond donors (Lipinski definition) is 1. The molecule has 0 bridgehead atoms. The van der Waals surface area contributed by atoms with Crippen molar-refractivity contribution in [3.8, 4) is 0 Å². The van der Waals surface area contributed by atoms with E-state index in [2.05, 4.69) is 5.32 Å². The minimum atomic E-state index is -0.514. The van der Waals surface area contributed by atoms with E-state index in [1.807, 2.05) is 31.2 Å². The van der Waals surface area contributed by atoms with Gasteiger partial charge in [-0.1, -0.05) is 41.4 Å². The van der Waals surface area contributed by atoms with Gasteiger partial charge in [-0.15, -0.1) is 0 Å². The number of benzene rings is 2. The summed E-state index contributed by atoms with van der Waals surface area (Å²) < 4.78 is 0. The zero-order valence-electron chi connectivity index (χ0n) is 12.8. The minimum Gasteiger partial charge on any atom is -0.340 e. The zero-order chi connectivity index (χ0) is 16.4. The van der Waals surface area contributed by atoms with Crippen LogP contribution in [0.15, 0.2) is 48.5 Å². The van der Waals surface area contributed by atoms with Gasteiger partial charge in [-0.05, 0) is 37.6 Å². The molecule has 1 heterocycles. The highest BCUT2D eigenvalue weighted by atomic mass is 35.5. The Bertz CT molecular complexity index is 743. The van der Waals surface area contributed by atoms with Crippen LogP contribution in [0.25, 0.3) is 0 Å². The van der Waals surface area contributed by atoms with Crippen molar-refractivity contribution >= 4 is 29.1 Å². The number of halogens is 1. The molecular weight excluding hydrogens is 312 g/mol. The molecule has 1 saturated heterocycles. The van der Waals surface area contributed by atoms with Crippen LogP contribution in [0.2, 0.25) is 5.02 Å². The summed E-state index contributed by atoms with van der Waals surface area (Å²) in [6.45, 7) is 2.59. The van der Waals surface area contributed by atoms with Gasteiger partial charge in [0, 0.05) is 12.2 Å². The Morgan fingerprint density at radius 1 is 1.17 bits per heavy atom. The summed E-state index contributed by atoms with van der Waals surface area (Å²) in [5.74, 6) is -0.408. The number of aryl methyl sites for hydroxylation is 1. The summed E-state index contributed by atoms with van der Waals surface area (Å²) in [5.41, 5.74) is 2.38. The van der Waals surface area contributed by atoms with Gasteiger partial charge in [0.05, 0.1) is 10.6 Å². The SMILES string of the molecule is Cc1ccc(N2CCC(NC(=O)c3ccccc3Cl)C2=O)cc1. The molecular formula is C18H17ClN2O2. The lowest BCUT2D eigenvalue weighted by Crippen LogP contribution is -2.41. The fourth-order valence-electron chi connectivity index (χ4n) is 2.68. The minimum absolute atomic E-state index is 0.0887. The van der Waals surface area contributed by atoms with Gasteiger partial charge in [0.15, 0.2) is 0 Å². The van der Waals surface area contributed by atoms with Crippen LogP contribution in [0, 0.1) is 6.92 Å². The third-order valence-corrected chi connectivity index (χ3v) is 4.30. The van der Waals surface area contributed by atoms with E-state index in [-0.39, 0.29) is 11.8 Å². The molecule has 23 heavy (non-hydrogen) atoms. The molecule has 2 amide bonds. The lowest BCUT2D eigenvalue weighted by atomic mass is 10.2. The quantitative estimate of drug-likeness (QED) is 0.940. The Labute approximate surface area is 140 Å². The molecule has 1 aliphatic rings. The third kappa shape index (κ3) is 3.22. The Balaban J connectivity index is 1.71. The largest absolute Gasteiger partial charge is 0.340 e. The summed E-state index contributed by atoms with van der Waals surface area (Å²) in [4.78, 5) is 26.5. The van der Waals surface area contributed by atoms with Crippen LogP contribution in [0.4, 0.5) is 5.69 Å². The Kier molecular flexibility index (Phi) is 4.35. The molecule has 0 saturated carbocycles. The molecule has 1 atom stereocenters. The summed E-state index contributed by atoms with van der Waals surface area (Å²) >= 11 is 6.02. The first-order valence-electron chi connectivity index (χ1n) is 7.49. The Morgan fingerprint density at radius 2 is 1.87 bits per heavy atom. The number of carbonyl (C=O) groups is 2. The van der Waals surface area contributed by atoms with E-state index < -0.39 is 6.04 Å². The normalized spacial score (nSPS) is 17.4. The molecule has 2 aromatic rings. The molecule has 4 nitrogen and oxygen atoms in total. The number of amides is 2. The molecule has 1 unspecified atom stereocenters. The fourth-order valence-corrected chi connectivity index (χ4v) is 2.90. The Hall–Kier alpha value is -2.33. The van der Waals surface area contributed by atoms with E-state index in [1.165, 1.54) is 0 Å². The summed E-state index contributed by atoms with van der Waals surface area (Å²) in [6, 6.07) is 14.1. The molecule has 0 aromatic heterocycles. The lowest BCUT2D eigenvalue weighted by Gasteiger charge is -2.17. The van der Waals surface area contributed by atoms with Gasteiger partial charge in [0.1, 0.15) is 6.04 Å². The fraction of sp³-hybridized carbons (Fsp3) is 0.222. The van der Waals surface area contributed by atoms with Crippen LogP contribution in [0.5, 0.6) is 0 Å². The molecule has 0 radical (unpaired) electrons. The van der Waals surface area contributed by atoms with Crippen LogP contribution in [0.3, 0.4) is 0 Å². The maximum absolute atomic E-state index is 12.5. The molecule has 1 N–H and O–H groups in total. The van der Waals surface area contributed by atoms with Crippen molar-refractivity contribution < 1.29 is 9.59 Å². The van der Waals surface area contributed by atoms with Gasteiger partial charge >= 0.3 is 0 Å². The number of hydrogen-bond acceptors (Lipinski definition) is 2. The van der Waals surface area contributed by atoms with Crippen LogP contribution >= 0.6 is 11.6 Å². The molecule has 0 aliphatic carbocycles. The average Bonchev–Trinajstić information content (AvgIpc) is 2.89. The maximum atomic E-state index is 12.5. The van der Waals surface area contributed by atoms with Crippen molar-refractivity contribution in [3.63, 3.8) is 0 Å². The van der Waals surface area contributed by atoms with Crippen molar-refractivity contribution in [2.24, 2.45) is 0 Å². The second kappa shape index (κ2) is 6.42. The van der Waals surface area contributed by atoms with Crippen molar-refractivity contribution in [2.45, 2.75) is 19.4 Å². The number of anilines is 1. The van der Waals surface area contributed by atoms with Gasteiger partial charge < -0.3 is 10.2 Å². The highest BCUT2D eigenvalue weighted by molar-refractivity contribution is 6.33. The van der Waals surface area contributed by atoms with E-state index >= 15 is 0 Å². The Morgan fingerprint density at radius 3 is 2.57 bits per heavy atom. The zero-order valence-corrected chi connectivity index (χ0v) is 13.5. The lowest BCUT2D eigenvalue weighted by molar-refractivity contribution is -0.118. The van der Waals surface area contributed by atoms with E-state index in [1.54, 1.807) is 29.2 Å². The number of nitrogens with one attached hydrogen (secondary N) is 1. The smallest absolute Gasteiger partial charge is 0.253 e. The standard InChI is InChI=1S/C18H17ClN2O2/c1-12-6-8-13(9-7-12)21-11-10-16(18(21)23)20-17(22)14-4-2-3-5-15(14)19/h2-9,16H,10-11H2,1H3,(H,20,22). The van der Waals surface area contributed by atoms with Crippen LogP contribution < -0.4 is 10.2 Å². The van der Waals surface area contributed by atoms with Crippen molar-refractivity contribution in [1.29, 1.82) is 0 Å². The first kappa shape index (κ1) is 15.6. The molecule has 118 valence electrons. The second-order valence-electron chi connectivity index (χ2n) is 5.62. The molecule has 1 aliphatic heterocycles. The van der Waals surface area contributed by atoms with Crippen molar-refractivity contribution in [1.82, 2.24) is 5.32 Å². The number of carbonyl (C=O) groups excluding carboxylic acids is 2. The van der Waals surface area contributed by atoms with Gasteiger partial charge in [-0.25, -0.2) is 0 Å². The highest BCUT2D eigenvalue weighted by Gasteiger charge is 2.33. The summed E-state index contributed by atoms with van der Waals surface area (Å²) in [7, 11) is 0. The van der Waals surface area contributed by atoms with Gasteiger partial charge in [0.25, 0.3) is 5.91 Å². The van der Waals surface area contributed by atoms with Crippen molar-refractivity contribution in [3.05, 3.63) is 64.7 Å². The topological polar surface area (TPSA) is 49.4 Å². The monoisotopic (exact) mass is 328 g/mol. The van der Waals surface area contributed by atoms with Gasteiger partial charge in [0.2, 0.25) is 5.91 Å². The molecule has 2 aromatic carbocycles.